The second kappa shape index (κ2) is 7.49. The summed E-state index contributed by atoms with van der Waals surface area (Å²) in [6.45, 7) is 8.84. The molecular formula is C18H27N3O2. The van der Waals surface area contributed by atoms with Crippen LogP contribution in [0.5, 0.6) is 0 Å². The molecule has 23 heavy (non-hydrogen) atoms. The lowest BCUT2D eigenvalue weighted by atomic mass is 9.97. The minimum Gasteiger partial charge on any atom is -0.338 e. The zero-order valence-corrected chi connectivity index (χ0v) is 14.4. The highest BCUT2D eigenvalue weighted by Gasteiger charge is 2.32. The van der Waals surface area contributed by atoms with E-state index in [0.29, 0.717) is 18.9 Å². The third-order valence-corrected chi connectivity index (χ3v) is 4.47. The van der Waals surface area contributed by atoms with Gasteiger partial charge in [0.05, 0.1) is 6.04 Å². The molecule has 2 rings (SSSR count). The van der Waals surface area contributed by atoms with E-state index in [4.69, 9.17) is 0 Å². The van der Waals surface area contributed by atoms with Gasteiger partial charge in [-0.25, -0.2) is 4.79 Å². The average molecular weight is 317 g/mol. The molecule has 0 bridgehead atoms. The van der Waals surface area contributed by atoms with Crippen LogP contribution < -0.4 is 10.6 Å². The number of nitrogens with one attached hydrogen (secondary N) is 2. The standard InChI is InChI=1S/C18H27N3O2/c1-5-13(4)15-8-6-7-9-16(15)20-18(23)19-14-10-17(22)21(11-14)12(2)3/h6-9,12-14H,5,10-11H2,1-4H3,(H2,19,20,23). The Bertz CT molecular complexity index is 571. The smallest absolute Gasteiger partial charge is 0.319 e. The lowest BCUT2D eigenvalue weighted by Gasteiger charge is -2.21. The molecule has 1 heterocycles. The number of rotatable bonds is 5. The van der Waals surface area contributed by atoms with Crippen molar-refractivity contribution in [3.8, 4) is 0 Å². The first-order valence-electron chi connectivity index (χ1n) is 8.38. The molecule has 2 unspecified atom stereocenters. The third kappa shape index (κ3) is 4.24. The molecule has 2 N–H and O–H groups in total. The number of carbonyl (C=O) groups is 2. The predicted molar refractivity (Wildman–Crippen MR) is 92.6 cm³/mol. The van der Waals surface area contributed by atoms with E-state index in [1.165, 1.54) is 0 Å². The van der Waals surface area contributed by atoms with E-state index in [2.05, 4.69) is 24.5 Å². The fraction of sp³-hybridized carbons (Fsp3) is 0.556. The lowest BCUT2D eigenvalue weighted by molar-refractivity contribution is -0.129. The molecule has 0 radical (unpaired) electrons. The van der Waals surface area contributed by atoms with Crippen molar-refractivity contribution in [1.29, 1.82) is 0 Å². The number of urea groups is 1. The van der Waals surface area contributed by atoms with E-state index in [-0.39, 0.29) is 24.0 Å². The normalized spacial score (nSPS) is 19.1. The summed E-state index contributed by atoms with van der Waals surface area (Å²) in [6, 6.07) is 7.67. The minimum absolute atomic E-state index is 0.102. The maximum atomic E-state index is 12.3. The Kier molecular flexibility index (Phi) is 5.64. The highest BCUT2D eigenvalue weighted by atomic mass is 16.2. The minimum atomic E-state index is -0.246. The molecule has 3 amide bonds. The van der Waals surface area contributed by atoms with E-state index >= 15 is 0 Å². The molecule has 126 valence electrons. The summed E-state index contributed by atoms with van der Waals surface area (Å²) in [7, 11) is 0. The van der Waals surface area contributed by atoms with Gasteiger partial charge in [0.1, 0.15) is 0 Å². The highest BCUT2D eigenvalue weighted by Crippen LogP contribution is 2.26. The Labute approximate surface area is 138 Å². The van der Waals surface area contributed by atoms with Crippen LogP contribution in [-0.4, -0.2) is 35.5 Å². The Hall–Kier alpha value is -2.04. The van der Waals surface area contributed by atoms with Crippen molar-refractivity contribution in [1.82, 2.24) is 10.2 Å². The van der Waals surface area contributed by atoms with Crippen molar-refractivity contribution < 1.29 is 9.59 Å². The van der Waals surface area contributed by atoms with E-state index < -0.39 is 0 Å². The summed E-state index contributed by atoms with van der Waals surface area (Å²) in [5.41, 5.74) is 1.97. The van der Waals surface area contributed by atoms with Crippen LogP contribution in [-0.2, 0) is 4.79 Å². The number of carbonyl (C=O) groups excluding carboxylic acids is 2. The number of nitrogens with zero attached hydrogens (tertiary/aromatic N) is 1. The number of anilines is 1. The summed E-state index contributed by atoms with van der Waals surface area (Å²) in [5.74, 6) is 0.487. The summed E-state index contributed by atoms with van der Waals surface area (Å²) < 4.78 is 0. The van der Waals surface area contributed by atoms with Gasteiger partial charge in [0.15, 0.2) is 0 Å². The van der Waals surface area contributed by atoms with Crippen LogP contribution in [0, 0.1) is 0 Å². The highest BCUT2D eigenvalue weighted by molar-refractivity contribution is 5.91. The van der Waals surface area contributed by atoms with Gasteiger partial charge in [-0.1, -0.05) is 32.0 Å². The first kappa shape index (κ1) is 17.3. The molecule has 1 aliphatic heterocycles. The fourth-order valence-corrected chi connectivity index (χ4v) is 2.93. The first-order valence-corrected chi connectivity index (χ1v) is 8.38. The van der Waals surface area contributed by atoms with Crippen molar-refractivity contribution >= 4 is 17.6 Å². The maximum Gasteiger partial charge on any atom is 0.319 e. The number of hydrogen-bond donors (Lipinski definition) is 2. The molecule has 1 aliphatic rings. The number of para-hydroxylation sites is 1. The predicted octanol–water partition coefficient (Wildman–Crippen LogP) is 3.33. The first-order chi connectivity index (χ1) is 10.9. The molecule has 1 fully saturated rings. The maximum absolute atomic E-state index is 12.3. The zero-order chi connectivity index (χ0) is 17.0. The molecule has 2 atom stereocenters. The topological polar surface area (TPSA) is 61.4 Å². The number of benzene rings is 1. The van der Waals surface area contributed by atoms with Gasteiger partial charge in [0, 0.05) is 24.7 Å². The molecule has 5 nitrogen and oxygen atoms in total. The second-order valence-corrected chi connectivity index (χ2v) is 6.54. The van der Waals surface area contributed by atoms with Gasteiger partial charge in [0.25, 0.3) is 0 Å². The largest absolute Gasteiger partial charge is 0.338 e. The fourth-order valence-electron chi connectivity index (χ4n) is 2.93. The van der Waals surface area contributed by atoms with Gasteiger partial charge < -0.3 is 15.5 Å². The Morgan fingerprint density at radius 1 is 1.30 bits per heavy atom. The van der Waals surface area contributed by atoms with Crippen molar-refractivity contribution in [2.24, 2.45) is 0 Å². The van der Waals surface area contributed by atoms with Gasteiger partial charge in [-0.3, -0.25) is 4.79 Å². The van der Waals surface area contributed by atoms with Crippen molar-refractivity contribution in [3.63, 3.8) is 0 Å². The van der Waals surface area contributed by atoms with Crippen molar-refractivity contribution in [2.45, 2.75) is 58.5 Å². The van der Waals surface area contributed by atoms with Crippen LogP contribution in [0.1, 0.15) is 52.0 Å². The lowest BCUT2D eigenvalue weighted by Crippen LogP contribution is -2.41. The molecule has 1 aromatic rings. The number of likely N-dealkylation sites (tertiary alicyclic amines) is 1. The van der Waals surface area contributed by atoms with Crippen molar-refractivity contribution in [3.05, 3.63) is 29.8 Å². The summed E-state index contributed by atoms with van der Waals surface area (Å²) in [6.07, 6.45) is 1.39. The quantitative estimate of drug-likeness (QED) is 0.875. The molecule has 1 saturated heterocycles. The Morgan fingerprint density at radius 3 is 2.61 bits per heavy atom. The van der Waals surface area contributed by atoms with Crippen LogP contribution in [0.4, 0.5) is 10.5 Å². The molecule has 5 heteroatoms. The SMILES string of the molecule is CCC(C)c1ccccc1NC(=O)NC1CC(=O)N(C(C)C)C1. The Balaban J connectivity index is 1.97. The van der Waals surface area contributed by atoms with Gasteiger partial charge >= 0.3 is 6.03 Å². The van der Waals surface area contributed by atoms with Crippen LogP contribution >= 0.6 is 0 Å². The monoisotopic (exact) mass is 317 g/mol. The third-order valence-electron chi connectivity index (χ3n) is 4.47. The van der Waals surface area contributed by atoms with Crippen LogP contribution in [0.15, 0.2) is 24.3 Å². The zero-order valence-electron chi connectivity index (χ0n) is 14.4. The summed E-state index contributed by atoms with van der Waals surface area (Å²) in [5, 5.41) is 5.85. The summed E-state index contributed by atoms with van der Waals surface area (Å²) in [4.78, 5) is 26.0. The molecule has 1 aromatic carbocycles. The van der Waals surface area contributed by atoms with E-state index in [0.717, 1.165) is 17.7 Å². The van der Waals surface area contributed by atoms with Crippen LogP contribution in [0.25, 0.3) is 0 Å². The van der Waals surface area contributed by atoms with E-state index in [1.807, 2.05) is 38.1 Å². The van der Waals surface area contributed by atoms with Crippen LogP contribution in [0.2, 0.25) is 0 Å². The number of amides is 3. The van der Waals surface area contributed by atoms with Gasteiger partial charge in [0.2, 0.25) is 5.91 Å². The second-order valence-electron chi connectivity index (χ2n) is 6.54. The van der Waals surface area contributed by atoms with Gasteiger partial charge in [-0.15, -0.1) is 0 Å². The molecule has 0 saturated carbocycles. The average Bonchev–Trinajstić information content (AvgIpc) is 2.87. The van der Waals surface area contributed by atoms with E-state index in [9.17, 15) is 9.59 Å². The Morgan fingerprint density at radius 2 is 2.00 bits per heavy atom. The molecule has 0 aromatic heterocycles. The molecule has 0 spiro atoms. The van der Waals surface area contributed by atoms with E-state index in [1.54, 1.807) is 4.90 Å². The number of hydrogen-bond acceptors (Lipinski definition) is 2. The molecular weight excluding hydrogens is 290 g/mol. The molecule has 0 aliphatic carbocycles. The van der Waals surface area contributed by atoms with Gasteiger partial charge in [-0.2, -0.15) is 0 Å². The summed E-state index contributed by atoms with van der Waals surface area (Å²) >= 11 is 0. The van der Waals surface area contributed by atoms with Crippen molar-refractivity contribution in [2.75, 3.05) is 11.9 Å². The van der Waals surface area contributed by atoms with Gasteiger partial charge in [-0.05, 0) is 37.8 Å². The van der Waals surface area contributed by atoms with Crippen LogP contribution in [0.3, 0.4) is 0 Å².